The van der Waals surface area contributed by atoms with Gasteiger partial charge in [-0.3, -0.25) is 4.79 Å². The number of imidazole rings is 1. The van der Waals surface area contributed by atoms with E-state index in [2.05, 4.69) is 20.3 Å². The molecule has 0 unspecified atom stereocenters. The van der Waals surface area contributed by atoms with Gasteiger partial charge in [0.05, 0.1) is 32.5 Å². The lowest BCUT2D eigenvalue weighted by Crippen LogP contribution is -2.11. The molecule has 2 heterocycles. The van der Waals surface area contributed by atoms with Crippen molar-refractivity contribution in [1.82, 2.24) is 15.0 Å². The molecule has 0 atom stereocenters. The van der Waals surface area contributed by atoms with E-state index in [9.17, 15) is 13.2 Å². The highest BCUT2D eigenvalue weighted by molar-refractivity contribution is 7.86. The Labute approximate surface area is 206 Å². The van der Waals surface area contributed by atoms with Gasteiger partial charge < -0.3 is 14.5 Å². The summed E-state index contributed by atoms with van der Waals surface area (Å²) in [5, 5.41) is 3.91. The highest BCUT2D eigenvalue weighted by atomic mass is 32.2. The molecular weight excluding hydrogens is 484 g/mol. The van der Waals surface area contributed by atoms with Crippen LogP contribution in [0.2, 0.25) is 0 Å². The molecule has 0 bridgehead atoms. The Morgan fingerprint density at radius 2 is 1.71 bits per heavy atom. The summed E-state index contributed by atoms with van der Waals surface area (Å²) in [7, 11) is -3.62. The van der Waals surface area contributed by atoms with Crippen molar-refractivity contribution in [1.29, 1.82) is 0 Å². The van der Waals surface area contributed by atoms with Crippen molar-refractivity contribution >= 4 is 54.3 Å². The minimum atomic E-state index is -3.62. The number of carbonyl (C=O) groups excluding carboxylic acids is 1. The van der Waals surface area contributed by atoms with Crippen molar-refractivity contribution in [3.8, 4) is 17.1 Å². The van der Waals surface area contributed by atoms with Gasteiger partial charge in [0.25, 0.3) is 5.91 Å². The van der Waals surface area contributed by atoms with Gasteiger partial charge in [-0.1, -0.05) is 0 Å². The first-order chi connectivity index (χ1) is 16.6. The van der Waals surface area contributed by atoms with Crippen molar-refractivity contribution in [3.63, 3.8) is 0 Å². The molecular formula is C25H22N4O4S2. The van der Waals surface area contributed by atoms with Crippen LogP contribution in [0, 0.1) is 20.8 Å². The molecule has 3 aromatic carbocycles. The number of anilines is 1. The van der Waals surface area contributed by atoms with Crippen LogP contribution in [0.3, 0.4) is 0 Å². The number of rotatable bonds is 5. The summed E-state index contributed by atoms with van der Waals surface area (Å²) in [6, 6.07) is 14.3. The van der Waals surface area contributed by atoms with Crippen LogP contribution in [0.25, 0.3) is 32.6 Å². The second kappa shape index (κ2) is 8.47. The third-order valence-corrected chi connectivity index (χ3v) is 6.93. The molecule has 0 radical (unpaired) electrons. The number of hydrogen-bond donors (Lipinski definition) is 2. The highest BCUT2D eigenvalue weighted by Crippen LogP contribution is 2.31. The molecule has 35 heavy (non-hydrogen) atoms. The normalized spacial score (nSPS) is 11.8. The van der Waals surface area contributed by atoms with E-state index < -0.39 is 10.1 Å². The maximum absolute atomic E-state index is 12.9. The number of hydrogen-bond acceptors (Lipinski definition) is 7. The zero-order valence-corrected chi connectivity index (χ0v) is 21.1. The molecule has 0 aliphatic carbocycles. The molecule has 178 valence electrons. The number of H-pyrrole nitrogens is 1. The van der Waals surface area contributed by atoms with Gasteiger partial charge >= 0.3 is 10.1 Å². The average molecular weight is 507 g/mol. The van der Waals surface area contributed by atoms with Gasteiger partial charge in [-0.25, -0.2) is 9.97 Å². The molecule has 0 aliphatic rings. The molecule has 0 aliphatic heterocycles. The number of benzene rings is 3. The monoisotopic (exact) mass is 506 g/mol. The maximum atomic E-state index is 12.9. The number of aromatic nitrogens is 3. The zero-order valence-electron chi connectivity index (χ0n) is 19.5. The third kappa shape index (κ3) is 4.75. The van der Waals surface area contributed by atoms with Crippen LogP contribution in [0.1, 0.15) is 26.5 Å². The fourth-order valence-electron chi connectivity index (χ4n) is 4.11. The van der Waals surface area contributed by atoms with E-state index in [0.717, 1.165) is 38.2 Å². The van der Waals surface area contributed by atoms with E-state index in [-0.39, 0.29) is 11.7 Å². The minimum absolute atomic E-state index is 0.232. The van der Waals surface area contributed by atoms with Gasteiger partial charge in [-0.05, 0) is 80.4 Å². The van der Waals surface area contributed by atoms with Crippen LogP contribution in [0.15, 0.2) is 48.5 Å². The summed E-state index contributed by atoms with van der Waals surface area (Å²) < 4.78 is 29.1. The van der Waals surface area contributed by atoms with Gasteiger partial charge in [0.15, 0.2) is 0 Å². The van der Waals surface area contributed by atoms with Gasteiger partial charge in [-0.15, -0.1) is 11.3 Å². The first kappa shape index (κ1) is 23.0. The van der Waals surface area contributed by atoms with E-state index in [4.69, 9.17) is 4.18 Å². The van der Waals surface area contributed by atoms with Crippen molar-refractivity contribution in [2.75, 3.05) is 11.6 Å². The molecule has 2 N–H and O–H groups in total. The first-order valence-corrected chi connectivity index (χ1v) is 13.4. The number of nitrogens with one attached hydrogen (secondary N) is 2. The Bertz CT molecular complexity index is 1710. The van der Waals surface area contributed by atoms with E-state index in [1.165, 1.54) is 0 Å². The van der Waals surface area contributed by atoms with Crippen LogP contribution in [0.4, 0.5) is 5.69 Å². The Morgan fingerprint density at radius 3 is 2.43 bits per heavy atom. The molecule has 8 nitrogen and oxygen atoms in total. The minimum Gasteiger partial charge on any atom is -0.383 e. The van der Waals surface area contributed by atoms with E-state index >= 15 is 0 Å². The van der Waals surface area contributed by atoms with Gasteiger partial charge in [-0.2, -0.15) is 8.42 Å². The number of aryl methyl sites for hydroxylation is 3. The molecule has 1 amide bonds. The standard InChI is InChI=1S/C25H22N4O4S2/c1-13-9-18(33-35(4,31)32)10-14(2)23(13)24-28-19-7-5-16(11-20(19)29-24)25(30)27-17-6-8-22-21(12-17)26-15(3)34-22/h5-12H,1-4H3,(H,27,30)(H,28,29). The van der Waals surface area contributed by atoms with Crippen LogP contribution in [-0.4, -0.2) is 35.5 Å². The number of aromatic amines is 1. The van der Waals surface area contributed by atoms with Crippen molar-refractivity contribution in [3.05, 3.63) is 70.2 Å². The SMILES string of the molecule is Cc1nc2cc(NC(=O)c3ccc4nc(-c5c(C)cc(OS(C)(=O)=O)cc5C)[nH]c4c3)ccc2s1. The average Bonchev–Trinajstić information content (AvgIpc) is 3.33. The topological polar surface area (TPSA) is 114 Å². The van der Waals surface area contributed by atoms with Crippen LogP contribution >= 0.6 is 11.3 Å². The molecule has 0 spiro atoms. The van der Waals surface area contributed by atoms with Crippen molar-refractivity contribution in [2.24, 2.45) is 0 Å². The number of nitrogens with zero attached hydrogens (tertiary/aromatic N) is 2. The Balaban J connectivity index is 1.43. The predicted molar refractivity (Wildman–Crippen MR) is 139 cm³/mol. The zero-order chi connectivity index (χ0) is 24.9. The largest absolute Gasteiger partial charge is 0.383 e. The second-order valence-electron chi connectivity index (χ2n) is 8.41. The summed E-state index contributed by atoms with van der Waals surface area (Å²) in [4.78, 5) is 25.4. The fourth-order valence-corrected chi connectivity index (χ4v) is 5.37. The molecule has 0 saturated carbocycles. The fraction of sp³-hybridized carbons (Fsp3) is 0.160. The molecule has 10 heteroatoms. The first-order valence-electron chi connectivity index (χ1n) is 10.7. The summed E-state index contributed by atoms with van der Waals surface area (Å²) in [6.07, 6.45) is 1.01. The van der Waals surface area contributed by atoms with Crippen molar-refractivity contribution < 1.29 is 17.4 Å². The lowest BCUT2D eigenvalue weighted by Gasteiger charge is -2.10. The summed E-state index contributed by atoms with van der Waals surface area (Å²) in [5.74, 6) is 0.652. The van der Waals surface area contributed by atoms with Crippen molar-refractivity contribution in [2.45, 2.75) is 20.8 Å². The number of amides is 1. The quantitative estimate of drug-likeness (QED) is 0.310. The molecule has 0 saturated heterocycles. The van der Waals surface area contributed by atoms with Crippen LogP contribution < -0.4 is 9.50 Å². The van der Waals surface area contributed by atoms with Gasteiger partial charge in [0.1, 0.15) is 11.6 Å². The Kier molecular flexibility index (Phi) is 5.57. The Hall–Kier alpha value is -3.76. The van der Waals surface area contributed by atoms with E-state index in [1.807, 2.05) is 39.0 Å². The van der Waals surface area contributed by atoms with E-state index in [0.29, 0.717) is 28.1 Å². The number of fused-ring (bicyclic) bond motifs is 2. The lowest BCUT2D eigenvalue weighted by atomic mass is 10.0. The van der Waals surface area contributed by atoms with E-state index in [1.54, 1.807) is 41.7 Å². The molecule has 2 aromatic heterocycles. The molecule has 5 rings (SSSR count). The second-order valence-corrected chi connectivity index (χ2v) is 11.2. The molecule has 0 fully saturated rings. The number of thiazole rings is 1. The number of carbonyl (C=O) groups is 1. The summed E-state index contributed by atoms with van der Waals surface area (Å²) in [6.45, 7) is 5.69. The highest BCUT2D eigenvalue weighted by Gasteiger charge is 2.16. The lowest BCUT2D eigenvalue weighted by molar-refractivity contribution is 0.102. The smallest absolute Gasteiger partial charge is 0.306 e. The predicted octanol–water partition coefficient (Wildman–Crippen LogP) is 5.36. The van der Waals surface area contributed by atoms with Crippen LogP contribution in [-0.2, 0) is 10.1 Å². The molecule has 5 aromatic rings. The van der Waals surface area contributed by atoms with Gasteiger partial charge in [0, 0.05) is 16.8 Å². The van der Waals surface area contributed by atoms with Crippen LogP contribution in [0.5, 0.6) is 5.75 Å². The summed E-state index contributed by atoms with van der Waals surface area (Å²) >= 11 is 1.61. The Morgan fingerprint density at radius 1 is 0.971 bits per heavy atom. The maximum Gasteiger partial charge on any atom is 0.306 e. The van der Waals surface area contributed by atoms with Gasteiger partial charge in [0.2, 0.25) is 0 Å². The third-order valence-electron chi connectivity index (χ3n) is 5.49. The summed E-state index contributed by atoms with van der Waals surface area (Å²) in [5.41, 5.74) is 5.94.